The minimum absolute atomic E-state index is 0. The van der Waals surface area contributed by atoms with Gasteiger partial charge in [-0.25, -0.2) is 0 Å². The monoisotopic (exact) mass is 523 g/mol. The van der Waals surface area contributed by atoms with Crippen LogP contribution in [-0.4, -0.2) is 49.5 Å². The van der Waals surface area contributed by atoms with Crippen LogP contribution >= 0.6 is 24.0 Å². The van der Waals surface area contributed by atoms with Crippen LogP contribution in [0.5, 0.6) is 0 Å². The van der Waals surface area contributed by atoms with Gasteiger partial charge in [-0.15, -0.1) is 24.0 Å². The fraction of sp³-hybridized carbons (Fsp3) is 0.458. The van der Waals surface area contributed by atoms with Crippen LogP contribution in [0.4, 0.5) is 0 Å². The summed E-state index contributed by atoms with van der Waals surface area (Å²) in [5.41, 5.74) is 1.88. The number of guanidine groups is 1. The summed E-state index contributed by atoms with van der Waals surface area (Å²) in [6.07, 6.45) is 2.23. The summed E-state index contributed by atoms with van der Waals surface area (Å²) in [7, 11) is 0. The van der Waals surface area contributed by atoms with E-state index < -0.39 is 5.60 Å². The number of nitrogens with zero attached hydrogens (tertiary/aromatic N) is 1. The van der Waals surface area contributed by atoms with Gasteiger partial charge in [0.05, 0.1) is 12.1 Å². The van der Waals surface area contributed by atoms with Crippen LogP contribution in [-0.2, 0) is 4.74 Å². The first-order valence-corrected chi connectivity index (χ1v) is 10.6. The molecule has 6 heteroatoms. The third-order valence-corrected chi connectivity index (χ3v) is 5.43. The second kappa shape index (κ2) is 12.9. The molecule has 1 aliphatic rings. The number of halogens is 1. The lowest BCUT2D eigenvalue weighted by Crippen LogP contribution is -2.42. The SMILES string of the molecule is CCNC(=NCC1(O)CCOCC1)NCCC(c1ccccc1)c1ccccc1.I. The molecule has 5 nitrogen and oxygen atoms in total. The Kier molecular flexibility index (Phi) is 10.6. The Bertz CT molecular complexity index is 710. The number of hydrogen-bond donors (Lipinski definition) is 3. The number of rotatable bonds is 8. The molecule has 0 aliphatic carbocycles. The van der Waals surface area contributed by atoms with Gasteiger partial charge in [-0.2, -0.15) is 0 Å². The number of nitrogens with one attached hydrogen (secondary N) is 2. The Morgan fingerprint density at radius 2 is 1.57 bits per heavy atom. The number of aliphatic hydroxyl groups is 1. The molecular formula is C24H34IN3O2. The Morgan fingerprint density at radius 3 is 2.10 bits per heavy atom. The molecule has 1 aliphatic heterocycles. The number of hydrogen-bond acceptors (Lipinski definition) is 3. The van der Waals surface area contributed by atoms with Crippen molar-refractivity contribution in [3.8, 4) is 0 Å². The van der Waals surface area contributed by atoms with Crippen molar-refractivity contribution in [3.63, 3.8) is 0 Å². The van der Waals surface area contributed by atoms with Crippen molar-refractivity contribution < 1.29 is 9.84 Å². The average Bonchev–Trinajstić information content (AvgIpc) is 2.77. The molecule has 0 amide bonds. The van der Waals surface area contributed by atoms with Gasteiger partial charge in [-0.05, 0) is 24.5 Å². The summed E-state index contributed by atoms with van der Waals surface area (Å²) in [5, 5.41) is 17.4. The van der Waals surface area contributed by atoms with Crippen LogP contribution in [0, 0.1) is 0 Å². The van der Waals surface area contributed by atoms with Crippen LogP contribution in [0.25, 0.3) is 0 Å². The zero-order chi connectivity index (χ0) is 20.4. The van der Waals surface area contributed by atoms with Gasteiger partial charge in [0, 0.05) is 45.1 Å². The summed E-state index contributed by atoms with van der Waals surface area (Å²) in [6, 6.07) is 21.3. The molecule has 2 aromatic carbocycles. The van der Waals surface area contributed by atoms with E-state index in [2.05, 4.69) is 83.2 Å². The minimum Gasteiger partial charge on any atom is -0.388 e. The van der Waals surface area contributed by atoms with E-state index in [1.165, 1.54) is 11.1 Å². The van der Waals surface area contributed by atoms with Crippen molar-refractivity contribution in [2.45, 2.75) is 37.7 Å². The normalized spacial score (nSPS) is 16.0. The third-order valence-electron chi connectivity index (χ3n) is 5.43. The lowest BCUT2D eigenvalue weighted by molar-refractivity contribution is -0.0565. The molecule has 0 saturated carbocycles. The van der Waals surface area contributed by atoms with E-state index in [0.29, 0.717) is 38.5 Å². The maximum Gasteiger partial charge on any atom is 0.191 e. The summed E-state index contributed by atoms with van der Waals surface area (Å²) in [4.78, 5) is 4.64. The fourth-order valence-electron chi connectivity index (χ4n) is 3.71. The van der Waals surface area contributed by atoms with Crippen LogP contribution in [0.3, 0.4) is 0 Å². The number of benzene rings is 2. The summed E-state index contributed by atoms with van der Waals surface area (Å²) < 4.78 is 5.35. The Morgan fingerprint density at radius 1 is 1.00 bits per heavy atom. The van der Waals surface area contributed by atoms with E-state index in [4.69, 9.17) is 4.74 Å². The van der Waals surface area contributed by atoms with Crippen LogP contribution in [0.2, 0.25) is 0 Å². The molecule has 1 saturated heterocycles. The highest BCUT2D eigenvalue weighted by Gasteiger charge is 2.29. The number of aliphatic imine (C=N–C) groups is 1. The molecule has 0 unspecified atom stereocenters. The molecule has 3 rings (SSSR count). The van der Waals surface area contributed by atoms with Crippen molar-refractivity contribution in [2.24, 2.45) is 4.99 Å². The summed E-state index contributed by atoms with van der Waals surface area (Å²) in [6.45, 7) is 5.23. The molecule has 164 valence electrons. The molecule has 30 heavy (non-hydrogen) atoms. The highest BCUT2D eigenvalue weighted by molar-refractivity contribution is 14.0. The largest absolute Gasteiger partial charge is 0.388 e. The van der Waals surface area contributed by atoms with Gasteiger partial charge in [-0.3, -0.25) is 4.99 Å². The highest BCUT2D eigenvalue weighted by atomic mass is 127. The predicted octanol–water partition coefficient (Wildman–Crippen LogP) is 3.92. The Hall–Kier alpha value is -1.64. The minimum atomic E-state index is -0.753. The topological polar surface area (TPSA) is 65.9 Å². The standard InChI is InChI=1S/C24H33N3O2.HI/c1-2-25-23(27-19-24(28)14-17-29-18-15-24)26-16-13-22(20-9-5-3-6-10-20)21-11-7-4-8-12-21;/h3-12,22,28H,2,13-19H2,1H3,(H2,25,26,27);1H. The molecule has 3 N–H and O–H groups in total. The van der Waals surface area contributed by atoms with Crippen molar-refractivity contribution >= 4 is 29.9 Å². The smallest absolute Gasteiger partial charge is 0.191 e. The zero-order valence-corrected chi connectivity index (χ0v) is 20.0. The molecule has 1 heterocycles. The molecule has 2 aromatic rings. The van der Waals surface area contributed by atoms with Crippen molar-refractivity contribution in [1.29, 1.82) is 0 Å². The molecule has 0 radical (unpaired) electrons. The van der Waals surface area contributed by atoms with Gasteiger partial charge in [0.25, 0.3) is 0 Å². The molecule has 0 bridgehead atoms. The van der Waals surface area contributed by atoms with E-state index in [1.807, 2.05) is 0 Å². The third kappa shape index (κ3) is 7.56. The summed E-state index contributed by atoms with van der Waals surface area (Å²) in [5.74, 6) is 1.08. The van der Waals surface area contributed by atoms with E-state index in [9.17, 15) is 5.11 Å². The average molecular weight is 523 g/mol. The Balaban J connectivity index is 0.00000320. The van der Waals surface area contributed by atoms with Crippen LogP contribution in [0.1, 0.15) is 43.2 Å². The fourth-order valence-corrected chi connectivity index (χ4v) is 3.71. The first-order chi connectivity index (χ1) is 14.2. The first-order valence-electron chi connectivity index (χ1n) is 10.6. The highest BCUT2D eigenvalue weighted by Crippen LogP contribution is 2.27. The maximum absolute atomic E-state index is 10.7. The number of ether oxygens (including phenoxy) is 1. The van der Waals surface area contributed by atoms with Gasteiger partial charge in [0.2, 0.25) is 0 Å². The van der Waals surface area contributed by atoms with Crippen LogP contribution in [0.15, 0.2) is 65.7 Å². The van der Waals surface area contributed by atoms with Gasteiger partial charge in [-0.1, -0.05) is 60.7 Å². The van der Waals surface area contributed by atoms with Crippen molar-refractivity contribution in [1.82, 2.24) is 10.6 Å². The predicted molar refractivity (Wildman–Crippen MR) is 134 cm³/mol. The van der Waals surface area contributed by atoms with Crippen molar-refractivity contribution in [3.05, 3.63) is 71.8 Å². The second-order valence-electron chi connectivity index (χ2n) is 7.62. The van der Waals surface area contributed by atoms with E-state index in [1.54, 1.807) is 0 Å². The first kappa shape index (κ1) is 24.6. The summed E-state index contributed by atoms with van der Waals surface area (Å²) >= 11 is 0. The maximum atomic E-state index is 10.7. The van der Waals surface area contributed by atoms with Gasteiger partial charge in [0.15, 0.2) is 5.96 Å². The quantitative estimate of drug-likeness (QED) is 0.279. The van der Waals surface area contributed by atoms with Gasteiger partial charge < -0.3 is 20.5 Å². The van der Waals surface area contributed by atoms with Gasteiger partial charge >= 0.3 is 0 Å². The molecule has 0 spiro atoms. The van der Waals surface area contributed by atoms with Crippen LogP contribution < -0.4 is 10.6 Å². The van der Waals surface area contributed by atoms with E-state index in [-0.39, 0.29) is 24.0 Å². The van der Waals surface area contributed by atoms with Crippen molar-refractivity contribution in [2.75, 3.05) is 32.8 Å². The Labute approximate surface area is 197 Å². The van der Waals surface area contributed by atoms with E-state index in [0.717, 1.165) is 25.5 Å². The second-order valence-corrected chi connectivity index (χ2v) is 7.62. The molecular weight excluding hydrogens is 489 g/mol. The molecule has 0 atom stereocenters. The zero-order valence-electron chi connectivity index (χ0n) is 17.7. The van der Waals surface area contributed by atoms with Gasteiger partial charge in [0.1, 0.15) is 0 Å². The molecule has 0 aromatic heterocycles. The lowest BCUT2D eigenvalue weighted by atomic mass is 9.88. The molecule has 1 fully saturated rings. The van der Waals surface area contributed by atoms with E-state index >= 15 is 0 Å². The lowest BCUT2D eigenvalue weighted by Gasteiger charge is -2.30.